The van der Waals surface area contributed by atoms with Crippen LogP contribution in [0.1, 0.15) is 51.9 Å². The molecule has 0 aromatic heterocycles. The standard InChI is InChI=1S/C11H20/c1-2-11-9-7-5-3-4-6-8-10-11/h3-4,11H,2,5-10H2,1H3/b4-3-. The summed E-state index contributed by atoms with van der Waals surface area (Å²) in [6.45, 7) is 2.33. The number of hydrogen-bond acceptors (Lipinski definition) is 0. The van der Waals surface area contributed by atoms with Crippen LogP contribution in [0.4, 0.5) is 0 Å². The topological polar surface area (TPSA) is 0 Å². The summed E-state index contributed by atoms with van der Waals surface area (Å²) in [4.78, 5) is 0. The fourth-order valence-electron chi connectivity index (χ4n) is 1.84. The molecule has 0 saturated heterocycles. The minimum atomic E-state index is 1.02. The highest BCUT2D eigenvalue weighted by Gasteiger charge is 2.05. The van der Waals surface area contributed by atoms with Crippen molar-refractivity contribution in [3.05, 3.63) is 12.2 Å². The Bertz CT molecular complexity index is 101. The Morgan fingerprint density at radius 1 is 1.09 bits per heavy atom. The van der Waals surface area contributed by atoms with Gasteiger partial charge in [-0.3, -0.25) is 0 Å². The van der Waals surface area contributed by atoms with Gasteiger partial charge in [0.1, 0.15) is 0 Å². The Morgan fingerprint density at radius 2 is 1.64 bits per heavy atom. The molecule has 0 aliphatic heterocycles. The first-order valence-corrected chi connectivity index (χ1v) is 5.08. The van der Waals surface area contributed by atoms with Gasteiger partial charge in [0.05, 0.1) is 0 Å². The predicted molar refractivity (Wildman–Crippen MR) is 50.6 cm³/mol. The maximum absolute atomic E-state index is 2.36. The zero-order valence-corrected chi connectivity index (χ0v) is 7.68. The van der Waals surface area contributed by atoms with Gasteiger partial charge in [-0.1, -0.05) is 38.3 Å². The highest BCUT2D eigenvalue weighted by molar-refractivity contribution is 4.83. The first kappa shape index (κ1) is 8.83. The lowest BCUT2D eigenvalue weighted by molar-refractivity contribution is 0.418. The van der Waals surface area contributed by atoms with Crippen LogP contribution in [0, 0.1) is 5.92 Å². The van der Waals surface area contributed by atoms with Gasteiger partial charge in [0.2, 0.25) is 0 Å². The lowest BCUT2D eigenvalue weighted by Crippen LogP contribution is -1.97. The van der Waals surface area contributed by atoms with Crippen LogP contribution in [0.2, 0.25) is 0 Å². The molecule has 0 bridgehead atoms. The van der Waals surface area contributed by atoms with Gasteiger partial charge in [-0.05, 0) is 31.6 Å². The third-order valence-electron chi connectivity index (χ3n) is 2.71. The van der Waals surface area contributed by atoms with Crippen molar-refractivity contribution in [3.8, 4) is 0 Å². The van der Waals surface area contributed by atoms with E-state index in [9.17, 15) is 0 Å². The number of allylic oxidation sites excluding steroid dienone is 2. The molecule has 1 rings (SSSR count). The summed E-state index contributed by atoms with van der Waals surface area (Å²) < 4.78 is 0. The minimum Gasteiger partial charge on any atom is -0.0885 e. The van der Waals surface area contributed by atoms with Crippen molar-refractivity contribution in [3.63, 3.8) is 0 Å². The Balaban J connectivity index is 2.26. The van der Waals surface area contributed by atoms with E-state index in [1.165, 1.54) is 44.9 Å². The summed E-state index contributed by atoms with van der Waals surface area (Å²) in [6, 6.07) is 0. The van der Waals surface area contributed by atoms with Crippen LogP contribution in [-0.2, 0) is 0 Å². The zero-order valence-electron chi connectivity index (χ0n) is 7.68. The predicted octanol–water partition coefficient (Wildman–Crippen LogP) is 3.92. The summed E-state index contributed by atoms with van der Waals surface area (Å²) in [5.41, 5.74) is 0. The largest absolute Gasteiger partial charge is 0.0885 e. The molecule has 0 spiro atoms. The molecule has 0 heteroatoms. The van der Waals surface area contributed by atoms with Gasteiger partial charge >= 0.3 is 0 Å². The second-order valence-electron chi connectivity index (χ2n) is 3.61. The summed E-state index contributed by atoms with van der Waals surface area (Å²) in [6.07, 6.45) is 14.5. The van der Waals surface area contributed by atoms with E-state index in [-0.39, 0.29) is 0 Å². The summed E-state index contributed by atoms with van der Waals surface area (Å²) in [7, 11) is 0. The van der Waals surface area contributed by atoms with Crippen LogP contribution in [0.5, 0.6) is 0 Å². The smallest absolute Gasteiger partial charge is 0.0351 e. The maximum atomic E-state index is 2.36. The van der Waals surface area contributed by atoms with Crippen LogP contribution in [-0.4, -0.2) is 0 Å². The Kier molecular flexibility index (Phi) is 4.33. The molecular formula is C11H20. The van der Waals surface area contributed by atoms with Crippen molar-refractivity contribution in [1.29, 1.82) is 0 Å². The Labute approximate surface area is 70.7 Å². The van der Waals surface area contributed by atoms with E-state index >= 15 is 0 Å². The van der Waals surface area contributed by atoms with E-state index in [4.69, 9.17) is 0 Å². The molecule has 0 atom stereocenters. The second kappa shape index (κ2) is 5.40. The summed E-state index contributed by atoms with van der Waals surface area (Å²) in [5, 5.41) is 0. The van der Waals surface area contributed by atoms with Gasteiger partial charge in [-0.2, -0.15) is 0 Å². The molecule has 1 aliphatic rings. The van der Waals surface area contributed by atoms with E-state index in [0.29, 0.717) is 0 Å². The summed E-state index contributed by atoms with van der Waals surface area (Å²) >= 11 is 0. The van der Waals surface area contributed by atoms with Gasteiger partial charge < -0.3 is 0 Å². The average Bonchev–Trinajstić information content (AvgIpc) is 2.16. The minimum absolute atomic E-state index is 1.02. The number of hydrogen-bond donors (Lipinski definition) is 0. The third kappa shape index (κ3) is 3.60. The normalized spacial score (nSPS) is 25.2. The average molecular weight is 152 g/mol. The molecule has 0 radical (unpaired) electrons. The van der Waals surface area contributed by atoms with Crippen LogP contribution < -0.4 is 0 Å². The van der Waals surface area contributed by atoms with Crippen molar-refractivity contribution < 1.29 is 0 Å². The Morgan fingerprint density at radius 3 is 2.09 bits per heavy atom. The van der Waals surface area contributed by atoms with Gasteiger partial charge in [-0.25, -0.2) is 0 Å². The van der Waals surface area contributed by atoms with E-state index in [0.717, 1.165) is 5.92 Å². The highest BCUT2D eigenvalue weighted by atomic mass is 14.1. The molecule has 0 amide bonds. The summed E-state index contributed by atoms with van der Waals surface area (Å²) in [5.74, 6) is 1.02. The molecule has 0 aromatic rings. The molecule has 1 aliphatic carbocycles. The third-order valence-corrected chi connectivity index (χ3v) is 2.71. The monoisotopic (exact) mass is 152 g/mol. The zero-order chi connectivity index (χ0) is 7.94. The molecule has 64 valence electrons. The second-order valence-corrected chi connectivity index (χ2v) is 3.61. The van der Waals surface area contributed by atoms with E-state index in [1.807, 2.05) is 0 Å². The molecule has 0 N–H and O–H groups in total. The molecular weight excluding hydrogens is 132 g/mol. The molecule has 0 nitrogen and oxygen atoms in total. The van der Waals surface area contributed by atoms with E-state index in [1.54, 1.807) is 0 Å². The van der Waals surface area contributed by atoms with Crippen molar-refractivity contribution in [1.82, 2.24) is 0 Å². The highest BCUT2D eigenvalue weighted by Crippen LogP contribution is 2.21. The fourth-order valence-corrected chi connectivity index (χ4v) is 1.84. The van der Waals surface area contributed by atoms with Crippen LogP contribution in [0.3, 0.4) is 0 Å². The van der Waals surface area contributed by atoms with Crippen LogP contribution in [0.25, 0.3) is 0 Å². The maximum Gasteiger partial charge on any atom is -0.0351 e. The molecule has 0 aromatic carbocycles. The van der Waals surface area contributed by atoms with Crippen molar-refractivity contribution >= 4 is 0 Å². The van der Waals surface area contributed by atoms with Crippen LogP contribution in [0.15, 0.2) is 12.2 Å². The fraction of sp³-hybridized carbons (Fsp3) is 0.818. The molecule has 0 heterocycles. The van der Waals surface area contributed by atoms with E-state index in [2.05, 4.69) is 19.1 Å². The molecule has 0 fully saturated rings. The van der Waals surface area contributed by atoms with E-state index < -0.39 is 0 Å². The lowest BCUT2D eigenvalue weighted by Gasteiger charge is -2.11. The van der Waals surface area contributed by atoms with Gasteiger partial charge in [0.15, 0.2) is 0 Å². The van der Waals surface area contributed by atoms with Crippen molar-refractivity contribution in [2.75, 3.05) is 0 Å². The lowest BCUT2D eigenvalue weighted by atomic mass is 9.94. The van der Waals surface area contributed by atoms with Crippen LogP contribution >= 0.6 is 0 Å². The van der Waals surface area contributed by atoms with Gasteiger partial charge in [-0.15, -0.1) is 0 Å². The molecule has 0 unspecified atom stereocenters. The SMILES string of the molecule is CCC1CCC/C=C\CCC1. The first-order chi connectivity index (χ1) is 5.43. The van der Waals surface area contributed by atoms with Crippen molar-refractivity contribution in [2.24, 2.45) is 5.92 Å². The first-order valence-electron chi connectivity index (χ1n) is 5.08. The van der Waals surface area contributed by atoms with Gasteiger partial charge in [0, 0.05) is 0 Å². The van der Waals surface area contributed by atoms with Gasteiger partial charge in [0.25, 0.3) is 0 Å². The number of rotatable bonds is 1. The quantitative estimate of drug-likeness (QED) is 0.499. The Hall–Kier alpha value is -0.260. The van der Waals surface area contributed by atoms with Crippen molar-refractivity contribution in [2.45, 2.75) is 51.9 Å². The molecule has 11 heavy (non-hydrogen) atoms. The molecule has 0 saturated carbocycles.